The van der Waals surface area contributed by atoms with E-state index in [9.17, 15) is 0 Å². The number of pyridine rings is 2. The molecule has 2 spiro atoms. The van der Waals surface area contributed by atoms with Gasteiger partial charge < -0.3 is 19.6 Å². The Morgan fingerprint density at radius 3 is 1.33 bits per heavy atom. The molecule has 57 heavy (non-hydrogen) atoms. The van der Waals surface area contributed by atoms with Crippen LogP contribution in [0.4, 0.5) is 34.1 Å². The van der Waals surface area contributed by atoms with Gasteiger partial charge in [-0.25, -0.2) is 0 Å². The molecule has 7 heteroatoms. The molecule has 0 radical (unpaired) electrons. The molecule has 0 fully saturated rings. The van der Waals surface area contributed by atoms with Gasteiger partial charge in [0, 0.05) is 51.7 Å². The molecule has 0 amide bonds. The third-order valence-corrected chi connectivity index (χ3v) is 12.4. The van der Waals surface area contributed by atoms with Gasteiger partial charge in [-0.3, -0.25) is 9.97 Å². The number of anilines is 6. The summed E-state index contributed by atoms with van der Waals surface area (Å²) in [5, 5.41) is 0. The third-order valence-electron chi connectivity index (χ3n) is 12.4. The Morgan fingerprint density at radius 2 is 0.842 bits per heavy atom. The van der Waals surface area contributed by atoms with E-state index in [4.69, 9.17) is 9.97 Å². The zero-order valence-electron chi connectivity index (χ0n) is 30.3. The Balaban J connectivity index is 0.00000356. The second-order valence-corrected chi connectivity index (χ2v) is 14.9. The Hall–Kier alpha value is -6.49. The number of rotatable bonds is 0. The van der Waals surface area contributed by atoms with E-state index >= 15 is 0 Å². The van der Waals surface area contributed by atoms with Crippen molar-refractivity contribution in [3.63, 3.8) is 0 Å². The van der Waals surface area contributed by atoms with E-state index in [-0.39, 0.29) is 21.1 Å². The standard InChI is InChI=1S/C50H30N6.Pt/c1-3-19-39-37(17-1)38-18-2-4-20-40(38)49(39)33-13-9-15-35(29-33)53-31-55(45-25-7-5-23-43(45)53)50(41-21-11-27-51-47(41)48-42(50)22-12-28-52-48)56-32-54(36-16-10-14-34(49)30-36)44-24-6-8-26-46(44)56;/h1-28,31-32H;/q-4;+4. The second kappa shape index (κ2) is 11.8. The van der Waals surface area contributed by atoms with Crippen molar-refractivity contribution in [3.05, 3.63) is 229 Å². The van der Waals surface area contributed by atoms with Gasteiger partial charge in [0.25, 0.3) is 0 Å². The van der Waals surface area contributed by atoms with Gasteiger partial charge in [0.05, 0.1) is 11.4 Å². The molecule has 0 N–H and O–H groups in total. The van der Waals surface area contributed by atoms with Crippen LogP contribution in [-0.2, 0) is 32.1 Å². The number of benzene rings is 6. The number of hydrogen-bond acceptors (Lipinski definition) is 6. The number of nitrogens with zero attached hydrogens (tertiary/aromatic N) is 6. The van der Waals surface area contributed by atoms with Gasteiger partial charge in [0.1, 0.15) is 5.66 Å². The van der Waals surface area contributed by atoms with Crippen molar-refractivity contribution in [2.75, 3.05) is 19.6 Å². The maximum atomic E-state index is 5.02. The fourth-order valence-electron chi connectivity index (χ4n) is 10.2. The maximum Gasteiger partial charge on any atom is 4.00 e. The van der Waals surface area contributed by atoms with Crippen LogP contribution in [0, 0.1) is 25.5 Å². The topological polar surface area (TPSA) is 38.7 Å². The molecule has 3 aliphatic heterocycles. The fourth-order valence-corrected chi connectivity index (χ4v) is 10.2. The average Bonchev–Trinajstić information content (AvgIpc) is 4.01. The Bertz CT molecular complexity index is 2760. The zero-order chi connectivity index (χ0) is 36.6. The van der Waals surface area contributed by atoms with Crippen molar-refractivity contribution in [2.24, 2.45) is 0 Å². The first-order valence-corrected chi connectivity index (χ1v) is 19.0. The summed E-state index contributed by atoms with van der Waals surface area (Å²) >= 11 is 0. The first-order valence-electron chi connectivity index (χ1n) is 19.0. The Labute approximate surface area is 345 Å². The van der Waals surface area contributed by atoms with Crippen molar-refractivity contribution in [1.29, 1.82) is 0 Å². The molecular formula is C50H30N6Pt. The predicted molar refractivity (Wildman–Crippen MR) is 220 cm³/mol. The molecule has 0 atom stereocenters. The van der Waals surface area contributed by atoms with Crippen LogP contribution in [0.3, 0.4) is 0 Å². The number of fused-ring (bicyclic) bond motifs is 30. The molecule has 270 valence electrons. The summed E-state index contributed by atoms with van der Waals surface area (Å²) in [4.78, 5) is 19.5. The van der Waals surface area contributed by atoms with E-state index in [1.165, 1.54) is 22.3 Å². The van der Waals surface area contributed by atoms with Crippen LogP contribution in [0.15, 0.2) is 170 Å². The van der Waals surface area contributed by atoms with E-state index in [2.05, 4.69) is 191 Å². The molecule has 2 aliphatic carbocycles. The summed E-state index contributed by atoms with van der Waals surface area (Å²) in [5.74, 6) is 0. The van der Waals surface area contributed by atoms with E-state index in [1.807, 2.05) is 24.5 Å². The average molecular weight is 910 g/mol. The molecule has 6 nitrogen and oxygen atoms in total. The maximum absolute atomic E-state index is 5.02. The second-order valence-electron chi connectivity index (χ2n) is 14.9. The van der Waals surface area contributed by atoms with E-state index in [0.717, 1.165) is 67.8 Å². The Morgan fingerprint density at radius 1 is 0.421 bits per heavy atom. The monoisotopic (exact) mass is 909 g/mol. The molecule has 0 saturated carbocycles. The van der Waals surface area contributed by atoms with Crippen molar-refractivity contribution < 1.29 is 21.1 Å². The van der Waals surface area contributed by atoms with Crippen LogP contribution in [0.2, 0.25) is 0 Å². The molecule has 0 saturated heterocycles. The van der Waals surface area contributed by atoms with Crippen LogP contribution < -0.4 is 19.6 Å². The largest absolute Gasteiger partial charge is 4.00 e. The predicted octanol–water partition coefficient (Wildman–Crippen LogP) is 10.5. The van der Waals surface area contributed by atoms with Gasteiger partial charge in [0.15, 0.2) is 0 Å². The van der Waals surface area contributed by atoms with Gasteiger partial charge in [0.2, 0.25) is 0 Å². The van der Waals surface area contributed by atoms with Crippen LogP contribution >= 0.6 is 0 Å². The minimum absolute atomic E-state index is 0. The molecule has 8 bridgehead atoms. The van der Waals surface area contributed by atoms with Crippen LogP contribution in [0.25, 0.3) is 22.5 Å². The zero-order valence-corrected chi connectivity index (χ0v) is 32.6. The molecule has 13 rings (SSSR count). The minimum Gasteiger partial charge on any atom is -0.494 e. The normalized spacial score (nSPS) is 16.3. The summed E-state index contributed by atoms with van der Waals surface area (Å²) < 4.78 is 0. The third kappa shape index (κ3) is 3.98. The number of hydrogen-bond donors (Lipinski definition) is 0. The summed E-state index contributed by atoms with van der Waals surface area (Å²) in [5.41, 5.74) is 15.5. The molecule has 8 aromatic rings. The molecule has 5 heterocycles. The van der Waals surface area contributed by atoms with Crippen LogP contribution in [0.1, 0.15) is 33.4 Å². The molecule has 2 aromatic heterocycles. The van der Waals surface area contributed by atoms with Crippen molar-refractivity contribution >= 4 is 34.1 Å². The van der Waals surface area contributed by atoms with Gasteiger partial charge >= 0.3 is 21.1 Å². The van der Waals surface area contributed by atoms with Crippen molar-refractivity contribution in [1.82, 2.24) is 9.97 Å². The molecule has 6 aromatic carbocycles. The summed E-state index contributed by atoms with van der Waals surface area (Å²) in [6, 6.07) is 64.9. The van der Waals surface area contributed by atoms with Gasteiger partial charge in [-0.15, -0.1) is 35.8 Å². The van der Waals surface area contributed by atoms with E-state index < -0.39 is 11.1 Å². The fraction of sp³-hybridized carbons (Fsp3) is 0.0400. The number of aromatic nitrogens is 2. The SMILES string of the molecule is [Pt+4].[c-]1c2cccc1C1(c3[c-]c(ccc3)N3[CH-]N(c4ccccc43)C3(c4cccnc4-c4ncccc43)N3[CH-]N2c2ccccc23)c2ccccc2-c2ccccc21. The van der Waals surface area contributed by atoms with Crippen molar-refractivity contribution in [3.8, 4) is 22.5 Å². The molecule has 5 aliphatic rings. The molecular weight excluding hydrogens is 880 g/mol. The van der Waals surface area contributed by atoms with Gasteiger partial charge in [-0.1, -0.05) is 84.9 Å². The smallest absolute Gasteiger partial charge is 0.494 e. The van der Waals surface area contributed by atoms with E-state index in [1.54, 1.807) is 0 Å². The Kier molecular flexibility index (Phi) is 6.75. The van der Waals surface area contributed by atoms with E-state index in [0.29, 0.717) is 0 Å². The van der Waals surface area contributed by atoms with Gasteiger partial charge in [-0.2, -0.15) is 48.5 Å². The van der Waals surface area contributed by atoms with Gasteiger partial charge in [-0.05, 0) is 58.7 Å². The van der Waals surface area contributed by atoms with Crippen LogP contribution in [-0.4, -0.2) is 9.97 Å². The van der Waals surface area contributed by atoms with Crippen molar-refractivity contribution in [2.45, 2.75) is 11.1 Å². The molecule has 0 unspecified atom stereocenters. The number of para-hydroxylation sites is 4. The summed E-state index contributed by atoms with van der Waals surface area (Å²) in [6.45, 7) is 4.53. The quantitative estimate of drug-likeness (QED) is 0.141. The van der Waals surface area contributed by atoms with Crippen LogP contribution in [0.5, 0.6) is 0 Å². The summed E-state index contributed by atoms with van der Waals surface area (Å²) in [6.07, 6.45) is 3.74. The first kappa shape index (κ1) is 32.7. The minimum atomic E-state index is -0.910. The summed E-state index contributed by atoms with van der Waals surface area (Å²) in [7, 11) is 0. The first-order chi connectivity index (χ1) is 27.8.